The van der Waals surface area contributed by atoms with Gasteiger partial charge in [0.15, 0.2) is 0 Å². The van der Waals surface area contributed by atoms with Crippen molar-refractivity contribution in [1.29, 1.82) is 0 Å². The highest BCUT2D eigenvalue weighted by molar-refractivity contribution is 6.27. The van der Waals surface area contributed by atoms with Crippen LogP contribution in [0.4, 0.5) is 17.1 Å². The van der Waals surface area contributed by atoms with E-state index in [9.17, 15) is 0 Å². The van der Waals surface area contributed by atoms with Crippen molar-refractivity contribution in [1.82, 2.24) is 4.57 Å². The monoisotopic (exact) mass is 891 g/mol. The molecule has 0 spiro atoms. The second-order valence-corrected chi connectivity index (χ2v) is 24.8. The van der Waals surface area contributed by atoms with Crippen LogP contribution in [0.15, 0.2) is 152 Å². The predicted molar refractivity (Wildman–Crippen MR) is 298 cm³/mol. The number of anilines is 3. The van der Waals surface area contributed by atoms with Crippen LogP contribution in [0.2, 0.25) is 0 Å². The van der Waals surface area contributed by atoms with Gasteiger partial charge >= 0.3 is 0 Å². The Labute approximate surface area is 406 Å². The molecule has 0 fully saturated rings. The minimum atomic E-state index is -0.128. The molecule has 0 N–H and O–H groups in total. The molecule has 68 heavy (non-hydrogen) atoms. The Kier molecular flexibility index (Phi) is 10.4. The van der Waals surface area contributed by atoms with E-state index in [4.69, 9.17) is 0 Å². The fourth-order valence-corrected chi connectivity index (χ4v) is 10.8. The molecule has 0 atom stereocenters. The average molecular weight is 891 g/mol. The Morgan fingerprint density at radius 3 is 1.31 bits per heavy atom. The Hall–Kier alpha value is -6.38. The molecule has 0 saturated heterocycles. The van der Waals surface area contributed by atoms with Gasteiger partial charge in [0, 0.05) is 32.9 Å². The van der Waals surface area contributed by atoms with E-state index >= 15 is 0 Å². The Bertz CT molecular complexity index is 3440. The van der Waals surface area contributed by atoms with Crippen LogP contribution in [0.1, 0.15) is 132 Å². The van der Waals surface area contributed by atoms with Gasteiger partial charge < -0.3 is 9.47 Å². The zero-order valence-corrected chi connectivity index (χ0v) is 43.3. The highest BCUT2D eigenvalue weighted by atomic mass is 15.1. The van der Waals surface area contributed by atoms with Crippen molar-refractivity contribution in [3.63, 3.8) is 0 Å². The van der Waals surface area contributed by atoms with E-state index in [1.165, 1.54) is 110 Å². The molecule has 10 aromatic rings. The van der Waals surface area contributed by atoms with E-state index in [0.717, 1.165) is 5.69 Å². The summed E-state index contributed by atoms with van der Waals surface area (Å²) >= 11 is 0. The van der Waals surface area contributed by atoms with Crippen LogP contribution in [0.3, 0.4) is 0 Å². The quantitative estimate of drug-likeness (QED) is 0.156. The fraction of sp³-hybridized carbons (Fsp3) is 0.303. The third-order valence-corrected chi connectivity index (χ3v) is 14.6. The van der Waals surface area contributed by atoms with Gasteiger partial charge in [-0.05, 0) is 148 Å². The lowest BCUT2D eigenvalue weighted by atomic mass is 9.74. The molecule has 0 radical (unpaired) electrons. The lowest BCUT2D eigenvalue weighted by Crippen LogP contribution is -2.21. The molecule has 0 bridgehead atoms. The van der Waals surface area contributed by atoms with Gasteiger partial charge in [0.2, 0.25) is 0 Å². The van der Waals surface area contributed by atoms with Crippen LogP contribution >= 0.6 is 0 Å². The predicted octanol–water partition coefficient (Wildman–Crippen LogP) is 19.3. The Morgan fingerprint density at radius 2 is 0.809 bits per heavy atom. The first-order chi connectivity index (χ1) is 31.9. The summed E-state index contributed by atoms with van der Waals surface area (Å²) in [6.07, 6.45) is 0. The number of hydrogen-bond donors (Lipinski definition) is 0. The van der Waals surface area contributed by atoms with E-state index in [0.29, 0.717) is 0 Å². The van der Waals surface area contributed by atoms with Crippen LogP contribution in [0.25, 0.3) is 70.9 Å². The van der Waals surface area contributed by atoms with Crippen molar-refractivity contribution in [2.24, 2.45) is 0 Å². The molecule has 0 unspecified atom stereocenters. The third kappa shape index (κ3) is 7.65. The third-order valence-electron chi connectivity index (χ3n) is 14.6. The lowest BCUT2D eigenvalue weighted by molar-refractivity contribution is 0.572. The Balaban J connectivity index is 1.27. The van der Waals surface area contributed by atoms with Gasteiger partial charge in [-0.1, -0.05) is 195 Å². The first-order valence-electron chi connectivity index (χ1n) is 24.8. The van der Waals surface area contributed by atoms with Gasteiger partial charge in [-0.25, -0.2) is 0 Å². The van der Waals surface area contributed by atoms with E-state index in [-0.39, 0.29) is 27.1 Å². The van der Waals surface area contributed by atoms with Crippen LogP contribution in [-0.4, -0.2) is 4.57 Å². The van der Waals surface area contributed by atoms with Crippen molar-refractivity contribution < 1.29 is 0 Å². The van der Waals surface area contributed by atoms with Gasteiger partial charge in [0.25, 0.3) is 0 Å². The van der Waals surface area contributed by atoms with Crippen molar-refractivity contribution in [2.45, 2.75) is 131 Å². The minimum Gasteiger partial charge on any atom is -0.310 e. The van der Waals surface area contributed by atoms with Gasteiger partial charge in [-0.15, -0.1) is 0 Å². The standard InChI is InChI=1S/C66H70N2/c1-62(2,3)44-25-29-47(30-26-44)67(48-39-53(65(10,11)12)61(41-19-17-16-18-20-41)54(40-48)66(13,14)15)55-33-23-42-22-32-50-56(34-24-43-21-31-49(55)59(42)60(43)50)68-57-35-27-45(63(4,5)6)37-51(57)52-38-46(64(7,8)9)28-36-58(52)68/h16-40H,1-15H3. The molecule has 1 heterocycles. The second-order valence-electron chi connectivity index (χ2n) is 24.8. The molecular weight excluding hydrogens is 821 g/mol. The molecule has 0 aliphatic heterocycles. The first kappa shape index (κ1) is 45.4. The maximum atomic E-state index is 2.55. The van der Waals surface area contributed by atoms with Crippen molar-refractivity contribution >= 4 is 71.2 Å². The maximum Gasteiger partial charge on any atom is 0.0541 e. The molecule has 2 heteroatoms. The second kappa shape index (κ2) is 15.6. The molecule has 0 aliphatic rings. The summed E-state index contributed by atoms with van der Waals surface area (Å²) in [6.45, 7) is 35.0. The molecule has 9 aromatic carbocycles. The van der Waals surface area contributed by atoms with Crippen molar-refractivity contribution in [3.05, 3.63) is 179 Å². The molecule has 0 saturated carbocycles. The van der Waals surface area contributed by atoms with Crippen LogP contribution in [0.5, 0.6) is 0 Å². The SMILES string of the molecule is CC(C)(C)c1ccc(N(c2cc(C(C)(C)C)c(-c3ccccc3)c(C(C)(C)C)c2)c2ccc3ccc4c(-n5c6ccc(C(C)(C)C)cc6c6cc(C(C)(C)C)ccc65)ccc5ccc2c3c54)cc1. The fourth-order valence-electron chi connectivity index (χ4n) is 10.8. The first-order valence-corrected chi connectivity index (χ1v) is 24.8. The number of benzene rings is 9. The highest BCUT2D eigenvalue weighted by Gasteiger charge is 2.31. The molecule has 1 aromatic heterocycles. The highest BCUT2D eigenvalue weighted by Crippen LogP contribution is 2.50. The number of nitrogens with zero attached hydrogens (tertiary/aromatic N) is 2. The van der Waals surface area contributed by atoms with E-state index < -0.39 is 0 Å². The number of rotatable bonds is 5. The molecule has 344 valence electrons. The zero-order valence-electron chi connectivity index (χ0n) is 43.3. The molecule has 10 rings (SSSR count). The number of aromatic nitrogens is 1. The number of hydrogen-bond acceptors (Lipinski definition) is 1. The molecule has 0 amide bonds. The van der Waals surface area contributed by atoms with Crippen molar-refractivity contribution in [3.8, 4) is 16.8 Å². The summed E-state index contributed by atoms with van der Waals surface area (Å²) in [7, 11) is 0. The molecular formula is C66H70N2. The average Bonchev–Trinajstić information content (AvgIpc) is 3.60. The van der Waals surface area contributed by atoms with Crippen molar-refractivity contribution in [2.75, 3.05) is 4.90 Å². The topological polar surface area (TPSA) is 8.17 Å². The lowest BCUT2D eigenvalue weighted by Gasteiger charge is -2.35. The van der Waals surface area contributed by atoms with E-state index in [2.05, 4.69) is 265 Å². The molecule has 0 aliphatic carbocycles. The number of fused-ring (bicyclic) bond motifs is 3. The normalized spacial score (nSPS) is 13.2. The summed E-state index contributed by atoms with van der Waals surface area (Å²) in [5.41, 5.74) is 16.4. The summed E-state index contributed by atoms with van der Waals surface area (Å²) in [4.78, 5) is 2.55. The van der Waals surface area contributed by atoms with Crippen LogP contribution < -0.4 is 4.90 Å². The van der Waals surface area contributed by atoms with Gasteiger partial charge in [0.05, 0.1) is 22.4 Å². The summed E-state index contributed by atoms with van der Waals surface area (Å²) < 4.78 is 2.54. The largest absolute Gasteiger partial charge is 0.310 e. The summed E-state index contributed by atoms with van der Waals surface area (Å²) in [5.74, 6) is 0. The minimum absolute atomic E-state index is 0.0318. The zero-order chi connectivity index (χ0) is 48.5. The summed E-state index contributed by atoms with van der Waals surface area (Å²) in [6, 6.07) is 58.6. The van der Waals surface area contributed by atoms with Gasteiger partial charge in [0.1, 0.15) is 0 Å². The van der Waals surface area contributed by atoms with Gasteiger partial charge in [-0.3, -0.25) is 0 Å². The molecule has 2 nitrogen and oxygen atoms in total. The van der Waals surface area contributed by atoms with Crippen LogP contribution in [-0.2, 0) is 27.1 Å². The van der Waals surface area contributed by atoms with Gasteiger partial charge in [-0.2, -0.15) is 0 Å². The van der Waals surface area contributed by atoms with Crippen LogP contribution in [0, 0.1) is 0 Å². The summed E-state index contributed by atoms with van der Waals surface area (Å²) in [5, 5.41) is 10.2. The van der Waals surface area contributed by atoms with E-state index in [1.54, 1.807) is 0 Å². The maximum absolute atomic E-state index is 2.55. The Morgan fingerprint density at radius 1 is 0.353 bits per heavy atom. The van der Waals surface area contributed by atoms with E-state index in [1.807, 2.05) is 0 Å². The smallest absolute Gasteiger partial charge is 0.0541 e.